The van der Waals surface area contributed by atoms with Crippen LogP contribution in [0.1, 0.15) is 0 Å². The van der Waals surface area contributed by atoms with E-state index in [4.69, 9.17) is 9.15 Å². The van der Waals surface area contributed by atoms with Crippen LogP contribution >= 0.6 is 11.3 Å². The lowest BCUT2D eigenvalue weighted by Gasteiger charge is -1.95. The van der Waals surface area contributed by atoms with Crippen molar-refractivity contribution in [3.8, 4) is 16.5 Å². The van der Waals surface area contributed by atoms with Crippen LogP contribution in [0.2, 0.25) is 0 Å². The molecule has 0 aliphatic carbocycles. The Morgan fingerprint density at radius 1 is 1.47 bits per heavy atom. The van der Waals surface area contributed by atoms with Crippen LogP contribution in [0.15, 0.2) is 32.8 Å². The summed E-state index contributed by atoms with van der Waals surface area (Å²) < 4.78 is 10.0. The molecule has 17 heavy (non-hydrogen) atoms. The molecule has 2 heterocycles. The van der Waals surface area contributed by atoms with Gasteiger partial charge in [0.2, 0.25) is 5.88 Å². The zero-order valence-electron chi connectivity index (χ0n) is 8.89. The summed E-state index contributed by atoms with van der Waals surface area (Å²) in [5.41, 5.74) is 2.11. The summed E-state index contributed by atoms with van der Waals surface area (Å²) in [4.78, 5) is 17.9. The van der Waals surface area contributed by atoms with Gasteiger partial charge in [0.15, 0.2) is 5.58 Å². The van der Waals surface area contributed by atoms with E-state index in [0.717, 1.165) is 10.6 Å². The lowest BCUT2D eigenvalue weighted by Crippen LogP contribution is -1.92. The maximum absolute atomic E-state index is 11.0. The predicted octanol–water partition coefficient (Wildman–Crippen LogP) is 2.25. The van der Waals surface area contributed by atoms with E-state index in [0.29, 0.717) is 17.0 Å². The Bertz CT molecular complexity index is 725. The highest BCUT2D eigenvalue weighted by atomic mass is 32.1. The molecule has 3 aromatic rings. The SMILES string of the molecule is COc1csc(-c2ccc3[nH]c(=O)oc3c2)n1. The Hall–Kier alpha value is -2.08. The van der Waals surface area contributed by atoms with Crippen LogP contribution in [0.4, 0.5) is 0 Å². The molecular formula is C11H8N2O3S. The van der Waals surface area contributed by atoms with Gasteiger partial charge in [0, 0.05) is 5.56 Å². The smallest absolute Gasteiger partial charge is 0.417 e. The zero-order chi connectivity index (χ0) is 11.8. The fraction of sp³-hybridized carbons (Fsp3) is 0.0909. The van der Waals surface area contributed by atoms with Crippen molar-refractivity contribution in [1.29, 1.82) is 0 Å². The van der Waals surface area contributed by atoms with E-state index in [1.165, 1.54) is 11.3 Å². The van der Waals surface area contributed by atoms with Crippen molar-refractivity contribution in [2.24, 2.45) is 0 Å². The van der Waals surface area contributed by atoms with Crippen molar-refractivity contribution in [2.75, 3.05) is 7.11 Å². The molecule has 0 amide bonds. The Morgan fingerprint density at radius 3 is 3.12 bits per heavy atom. The number of rotatable bonds is 2. The van der Waals surface area contributed by atoms with Crippen molar-refractivity contribution >= 4 is 22.4 Å². The number of methoxy groups -OCH3 is 1. The van der Waals surface area contributed by atoms with Crippen LogP contribution in [0.25, 0.3) is 21.7 Å². The van der Waals surface area contributed by atoms with Gasteiger partial charge in [-0.2, -0.15) is 0 Å². The van der Waals surface area contributed by atoms with Crippen LogP contribution in [0.3, 0.4) is 0 Å². The number of H-pyrrole nitrogens is 1. The predicted molar refractivity (Wildman–Crippen MR) is 64.5 cm³/mol. The second-order valence-electron chi connectivity index (χ2n) is 3.42. The number of nitrogens with one attached hydrogen (secondary N) is 1. The average Bonchev–Trinajstić information content (AvgIpc) is 2.92. The lowest BCUT2D eigenvalue weighted by molar-refractivity contribution is 0.401. The van der Waals surface area contributed by atoms with E-state index in [1.807, 2.05) is 11.4 Å². The molecule has 5 nitrogen and oxygen atoms in total. The van der Waals surface area contributed by atoms with Crippen molar-refractivity contribution in [1.82, 2.24) is 9.97 Å². The van der Waals surface area contributed by atoms with Crippen LogP contribution < -0.4 is 10.5 Å². The van der Waals surface area contributed by atoms with Gasteiger partial charge in [0.05, 0.1) is 18.0 Å². The van der Waals surface area contributed by atoms with Crippen LogP contribution in [0.5, 0.6) is 5.88 Å². The van der Waals surface area contributed by atoms with Gasteiger partial charge < -0.3 is 9.15 Å². The molecule has 0 bridgehead atoms. The second kappa shape index (κ2) is 3.74. The molecule has 6 heteroatoms. The number of aromatic amines is 1. The third-order valence-electron chi connectivity index (χ3n) is 2.36. The summed E-state index contributed by atoms with van der Waals surface area (Å²) >= 11 is 1.48. The summed E-state index contributed by atoms with van der Waals surface area (Å²) in [6.45, 7) is 0. The minimum Gasteiger partial charge on any atom is -0.480 e. The first-order valence-corrected chi connectivity index (χ1v) is 5.77. The normalized spacial score (nSPS) is 10.9. The van der Waals surface area contributed by atoms with Gasteiger partial charge in [-0.1, -0.05) is 0 Å². The number of hydrogen-bond acceptors (Lipinski definition) is 5. The third kappa shape index (κ3) is 1.72. The molecule has 0 spiro atoms. The van der Waals surface area contributed by atoms with Crippen LogP contribution in [-0.4, -0.2) is 17.1 Å². The molecule has 0 saturated carbocycles. The quantitative estimate of drug-likeness (QED) is 0.755. The number of oxazole rings is 1. The van der Waals surface area contributed by atoms with E-state index in [-0.39, 0.29) is 0 Å². The van der Waals surface area contributed by atoms with E-state index in [1.54, 1.807) is 19.2 Å². The number of hydrogen-bond donors (Lipinski definition) is 1. The molecule has 0 aliphatic rings. The Labute approximate surface area is 99.7 Å². The van der Waals surface area contributed by atoms with E-state index < -0.39 is 5.76 Å². The Kier molecular flexibility index (Phi) is 2.22. The molecule has 2 aromatic heterocycles. The zero-order valence-corrected chi connectivity index (χ0v) is 9.71. The highest BCUT2D eigenvalue weighted by Gasteiger charge is 2.07. The number of ether oxygens (including phenoxy) is 1. The molecule has 86 valence electrons. The van der Waals surface area contributed by atoms with E-state index in [2.05, 4.69) is 9.97 Å². The molecule has 0 unspecified atom stereocenters. The van der Waals surface area contributed by atoms with Gasteiger partial charge in [-0.15, -0.1) is 11.3 Å². The van der Waals surface area contributed by atoms with Gasteiger partial charge in [-0.3, -0.25) is 4.98 Å². The van der Waals surface area contributed by atoms with Gasteiger partial charge in [0.1, 0.15) is 5.01 Å². The fourth-order valence-electron chi connectivity index (χ4n) is 1.56. The number of nitrogens with zero attached hydrogens (tertiary/aromatic N) is 1. The first kappa shape index (κ1) is 10.1. The summed E-state index contributed by atoms with van der Waals surface area (Å²) in [5.74, 6) is 0.134. The molecule has 0 saturated heterocycles. The van der Waals surface area contributed by atoms with Gasteiger partial charge in [0.25, 0.3) is 0 Å². The largest absolute Gasteiger partial charge is 0.480 e. The molecule has 0 fully saturated rings. The summed E-state index contributed by atoms with van der Waals surface area (Å²) in [5, 5.41) is 2.65. The topological polar surface area (TPSA) is 68.1 Å². The van der Waals surface area contributed by atoms with Crippen LogP contribution in [0, 0.1) is 0 Å². The standard InChI is InChI=1S/C11H8N2O3S/c1-15-9-5-17-10(13-9)6-2-3-7-8(4-6)16-11(14)12-7/h2-5H,1H3,(H,12,14). The minimum absolute atomic E-state index is 0.450. The van der Waals surface area contributed by atoms with Crippen LogP contribution in [-0.2, 0) is 0 Å². The maximum Gasteiger partial charge on any atom is 0.417 e. The van der Waals surface area contributed by atoms with Gasteiger partial charge in [-0.25, -0.2) is 9.78 Å². The Morgan fingerprint density at radius 2 is 2.35 bits per heavy atom. The number of thiazole rings is 1. The summed E-state index contributed by atoms with van der Waals surface area (Å²) in [6, 6.07) is 5.46. The number of fused-ring (bicyclic) bond motifs is 1. The second-order valence-corrected chi connectivity index (χ2v) is 4.28. The average molecular weight is 248 g/mol. The minimum atomic E-state index is -0.450. The fourth-order valence-corrected chi connectivity index (χ4v) is 2.33. The summed E-state index contributed by atoms with van der Waals surface area (Å²) in [6.07, 6.45) is 0. The lowest BCUT2D eigenvalue weighted by atomic mass is 10.2. The van der Waals surface area contributed by atoms with E-state index >= 15 is 0 Å². The maximum atomic E-state index is 11.0. The molecule has 1 aromatic carbocycles. The first-order chi connectivity index (χ1) is 8.26. The van der Waals surface area contributed by atoms with Crippen molar-refractivity contribution in [3.63, 3.8) is 0 Å². The molecule has 3 rings (SSSR count). The Balaban J connectivity index is 2.13. The van der Waals surface area contributed by atoms with Crippen molar-refractivity contribution < 1.29 is 9.15 Å². The number of benzene rings is 1. The van der Waals surface area contributed by atoms with Crippen molar-refractivity contribution in [3.05, 3.63) is 34.1 Å². The molecule has 0 aliphatic heterocycles. The third-order valence-corrected chi connectivity index (χ3v) is 3.23. The number of aromatic nitrogens is 2. The highest BCUT2D eigenvalue weighted by Crippen LogP contribution is 2.28. The van der Waals surface area contributed by atoms with Gasteiger partial charge >= 0.3 is 5.76 Å². The monoisotopic (exact) mass is 248 g/mol. The molecular weight excluding hydrogens is 240 g/mol. The molecule has 0 radical (unpaired) electrons. The highest BCUT2D eigenvalue weighted by molar-refractivity contribution is 7.13. The first-order valence-electron chi connectivity index (χ1n) is 4.89. The summed E-state index contributed by atoms with van der Waals surface area (Å²) in [7, 11) is 1.58. The van der Waals surface area contributed by atoms with Gasteiger partial charge in [-0.05, 0) is 18.2 Å². The van der Waals surface area contributed by atoms with E-state index in [9.17, 15) is 4.79 Å². The molecule has 0 atom stereocenters. The molecule has 1 N–H and O–H groups in total. The van der Waals surface area contributed by atoms with Crippen molar-refractivity contribution in [2.45, 2.75) is 0 Å².